The van der Waals surface area contributed by atoms with Crippen LogP contribution in [0.3, 0.4) is 0 Å². The molecule has 0 aliphatic heterocycles. The minimum Gasteiger partial charge on any atom is -0.495 e. The number of aryl methyl sites for hydroxylation is 1. The topological polar surface area (TPSA) is 43.4 Å². The first-order valence-corrected chi connectivity index (χ1v) is 6.88. The van der Waals surface area contributed by atoms with E-state index in [4.69, 9.17) is 21.1 Å². The molecule has 0 atom stereocenters. The van der Waals surface area contributed by atoms with E-state index in [1.54, 1.807) is 20.3 Å². The average Bonchev–Trinajstić information content (AvgIpc) is 2.46. The van der Waals surface area contributed by atoms with Crippen molar-refractivity contribution in [3.63, 3.8) is 0 Å². The number of hydrogen-bond donors (Lipinski definition) is 1. The fraction of sp³-hybridized carbons (Fsp3) is 0.400. The first kappa shape index (κ1) is 14.7. The molecule has 0 unspecified atom stereocenters. The van der Waals surface area contributed by atoms with Crippen molar-refractivity contribution < 1.29 is 9.47 Å². The van der Waals surface area contributed by atoms with Gasteiger partial charge in [-0.05, 0) is 18.9 Å². The highest BCUT2D eigenvalue weighted by atomic mass is 35.5. The molecular formula is C15H19ClN2O2. The maximum atomic E-state index is 6.48. The second kappa shape index (κ2) is 5.75. The molecule has 0 aliphatic carbocycles. The SMILES string of the molecule is CCc1c(C)nc2c(OC)cc(OC)c(Cl)c2c1NC. The maximum absolute atomic E-state index is 6.48. The predicted molar refractivity (Wildman–Crippen MR) is 83.5 cm³/mol. The Balaban J connectivity index is 3.00. The normalized spacial score (nSPS) is 10.7. The van der Waals surface area contributed by atoms with Crippen LogP contribution in [-0.4, -0.2) is 26.3 Å². The van der Waals surface area contributed by atoms with E-state index in [0.29, 0.717) is 16.5 Å². The van der Waals surface area contributed by atoms with Gasteiger partial charge in [-0.1, -0.05) is 18.5 Å². The van der Waals surface area contributed by atoms with Crippen molar-refractivity contribution in [3.8, 4) is 11.5 Å². The molecule has 0 spiro atoms. The van der Waals surface area contributed by atoms with E-state index in [1.165, 1.54) is 0 Å². The molecule has 0 amide bonds. The van der Waals surface area contributed by atoms with Gasteiger partial charge in [0, 0.05) is 24.2 Å². The van der Waals surface area contributed by atoms with Gasteiger partial charge < -0.3 is 14.8 Å². The minimum atomic E-state index is 0.551. The molecule has 0 saturated carbocycles. The van der Waals surface area contributed by atoms with E-state index in [9.17, 15) is 0 Å². The van der Waals surface area contributed by atoms with E-state index >= 15 is 0 Å². The second-order valence-electron chi connectivity index (χ2n) is 4.47. The second-order valence-corrected chi connectivity index (χ2v) is 4.85. The lowest BCUT2D eigenvalue weighted by molar-refractivity contribution is 0.397. The summed E-state index contributed by atoms with van der Waals surface area (Å²) in [6.07, 6.45) is 0.876. The van der Waals surface area contributed by atoms with Gasteiger partial charge in [0.25, 0.3) is 0 Å². The summed E-state index contributed by atoms with van der Waals surface area (Å²) in [5.74, 6) is 1.24. The molecule has 2 rings (SSSR count). The van der Waals surface area contributed by atoms with Crippen molar-refractivity contribution in [1.82, 2.24) is 4.98 Å². The number of pyridine rings is 1. The maximum Gasteiger partial charge on any atom is 0.148 e. The summed E-state index contributed by atoms with van der Waals surface area (Å²) in [6.45, 7) is 4.10. The Morgan fingerprint density at radius 1 is 1.25 bits per heavy atom. The number of hydrogen-bond acceptors (Lipinski definition) is 4. The number of fused-ring (bicyclic) bond motifs is 1. The van der Waals surface area contributed by atoms with Crippen molar-refractivity contribution in [2.75, 3.05) is 26.6 Å². The Morgan fingerprint density at radius 3 is 2.40 bits per heavy atom. The van der Waals surface area contributed by atoms with Gasteiger partial charge in [0.2, 0.25) is 0 Å². The lowest BCUT2D eigenvalue weighted by Gasteiger charge is -2.18. The third-order valence-electron chi connectivity index (χ3n) is 3.48. The molecule has 1 aromatic heterocycles. The van der Waals surface area contributed by atoms with Gasteiger partial charge in [-0.3, -0.25) is 0 Å². The molecule has 0 bridgehead atoms. The summed E-state index contributed by atoms with van der Waals surface area (Å²) < 4.78 is 10.8. The fourth-order valence-corrected chi connectivity index (χ4v) is 2.84. The van der Waals surface area contributed by atoms with E-state index < -0.39 is 0 Å². The molecule has 108 valence electrons. The summed E-state index contributed by atoms with van der Waals surface area (Å²) >= 11 is 6.48. The van der Waals surface area contributed by atoms with Crippen molar-refractivity contribution in [3.05, 3.63) is 22.3 Å². The summed E-state index contributed by atoms with van der Waals surface area (Å²) in [7, 11) is 5.09. The molecule has 4 nitrogen and oxygen atoms in total. The Morgan fingerprint density at radius 2 is 1.90 bits per heavy atom. The first-order chi connectivity index (χ1) is 9.58. The van der Waals surface area contributed by atoms with Crippen LogP contribution in [0.15, 0.2) is 6.07 Å². The van der Waals surface area contributed by atoms with E-state index in [2.05, 4.69) is 17.2 Å². The molecule has 5 heteroatoms. The summed E-state index contributed by atoms with van der Waals surface area (Å²) in [5, 5.41) is 4.63. The molecular weight excluding hydrogens is 276 g/mol. The van der Waals surface area contributed by atoms with Crippen LogP contribution in [0.5, 0.6) is 11.5 Å². The van der Waals surface area contributed by atoms with Gasteiger partial charge in [0.15, 0.2) is 0 Å². The zero-order chi connectivity index (χ0) is 14.9. The number of halogens is 1. The quantitative estimate of drug-likeness (QED) is 0.931. The summed E-state index contributed by atoms with van der Waals surface area (Å²) in [5.41, 5.74) is 3.86. The largest absolute Gasteiger partial charge is 0.495 e. The van der Waals surface area contributed by atoms with Gasteiger partial charge >= 0.3 is 0 Å². The number of methoxy groups -OCH3 is 2. The van der Waals surface area contributed by atoms with E-state index in [1.807, 2.05) is 14.0 Å². The molecule has 20 heavy (non-hydrogen) atoms. The monoisotopic (exact) mass is 294 g/mol. The van der Waals surface area contributed by atoms with Crippen LogP contribution >= 0.6 is 11.6 Å². The highest BCUT2D eigenvalue weighted by Crippen LogP contribution is 2.43. The number of ether oxygens (including phenoxy) is 2. The molecule has 0 radical (unpaired) electrons. The Labute approximate surface area is 124 Å². The fourth-order valence-electron chi connectivity index (χ4n) is 2.52. The number of nitrogens with one attached hydrogen (secondary N) is 1. The van der Waals surface area contributed by atoms with Crippen LogP contribution in [0.4, 0.5) is 5.69 Å². The molecule has 0 aliphatic rings. The number of nitrogens with zero attached hydrogens (tertiary/aromatic N) is 1. The summed E-state index contributed by atoms with van der Waals surface area (Å²) in [4.78, 5) is 4.66. The zero-order valence-corrected chi connectivity index (χ0v) is 13.2. The van der Waals surface area contributed by atoms with Crippen molar-refractivity contribution >= 4 is 28.2 Å². The third-order valence-corrected chi connectivity index (χ3v) is 3.85. The lowest BCUT2D eigenvalue weighted by atomic mass is 10.0. The lowest BCUT2D eigenvalue weighted by Crippen LogP contribution is -2.03. The van der Waals surface area contributed by atoms with Gasteiger partial charge in [0.1, 0.15) is 17.0 Å². The smallest absolute Gasteiger partial charge is 0.148 e. The van der Waals surface area contributed by atoms with Gasteiger partial charge in [-0.15, -0.1) is 0 Å². The molecule has 2 aromatic rings. The van der Waals surface area contributed by atoms with Crippen LogP contribution in [0, 0.1) is 6.92 Å². The third kappa shape index (κ3) is 2.14. The molecule has 1 heterocycles. The Hall–Kier alpha value is -1.68. The van der Waals surface area contributed by atoms with E-state index in [-0.39, 0.29) is 0 Å². The summed E-state index contributed by atoms with van der Waals surface area (Å²) in [6, 6.07) is 1.77. The first-order valence-electron chi connectivity index (χ1n) is 6.50. The molecule has 1 N–H and O–H groups in total. The van der Waals surface area contributed by atoms with Gasteiger partial charge in [-0.2, -0.15) is 0 Å². The van der Waals surface area contributed by atoms with Crippen molar-refractivity contribution in [2.45, 2.75) is 20.3 Å². The van der Waals surface area contributed by atoms with Crippen molar-refractivity contribution in [2.24, 2.45) is 0 Å². The molecule has 1 aromatic carbocycles. The predicted octanol–water partition coefficient (Wildman–Crippen LogP) is 3.82. The highest BCUT2D eigenvalue weighted by Gasteiger charge is 2.19. The van der Waals surface area contributed by atoms with Crippen LogP contribution < -0.4 is 14.8 Å². The number of rotatable bonds is 4. The van der Waals surface area contributed by atoms with Crippen LogP contribution in [0.1, 0.15) is 18.2 Å². The van der Waals surface area contributed by atoms with Crippen molar-refractivity contribution in [1.29, 1.82) is 0 Å². The molecule has 0 fully saturated rings. The Bertz CT molecular complexity index is 656. The van der Waals surface area contributed by atoms with Crippen LogP contribution in [-0.2, 0) is 6.42 Å². The van der Waals surface area contributed by atoms with Gasteiger partial charge in [0.05, 0.1) is 24.9 Å². The van der Waals surface area contributed by atoms with E-state index in [0.717, 1.165) is 34.3 Å². The van der Waals surface area contributed by atoms with Crippen LogP contribution in [0.25, 0.3) is 10.9 Å². The average molecular weight is 295 g/mol. The van der Waals surface area contributed by atoms with Gasteiger partial charge in [-0.25, -0.2) is 4.98 Å². The van der Waals surface area contributed by atoms with Crippen LogP contribution in [0.2, 0.25) is 5.02 Å². The number of benzene rings is 1. The standard InChI is InChI=1S/C15H19ClN2O2/c1-6-9-8(2)18-15-11(20-5)7-10(19-4)13(16)12(15)14(9)17-3/h7H,6H2,1-5H3,(H,17,18). The molecule has 0 saturated heterocycles. The zero-order valence-electron chi connectivity index (χ0n) is 12.4. The minimum absolute atomic E-state index is 0.551. The number of aromatic nitrogens is 1. The number of anilines is 1. The Kier molecular flexibility index (Phi) is 4.23. The highest BCUT2D eigenvalue weighted by molar-refractivity contribution is 6.38.